The maximum atomic E-state index is 12.5. The number of fused-ring (bicyclic) bond motifs is 1. The summed E-state index contributed by atoms with van der Waals surface area (Å²) in [6.45, 7) is -2.64. The van der Waals surface area contributed by atoms with Gasteiger partial charge in [-0.1, -0.05) is 12.8 Å². The number of aliphatic hydroxyl groups is 1. The maximum absolute atomic E-state index is 12.5. The minimum atomic E-state index is -2.93. The van der Waals surface area contributed by atoms with Gasteiger partial charge in [0.2, 0.25) is 0 Å². The first-order chi connectivity index (χ1) is 12.1. The monoisotopic (exact) mass is 347 g/mol. The van der Waals surface area contributed by atoms with Gasteiger partial charge in [-0.25, -0.2) is 0 Å². The molecule has 0 amide bonds. The summed E-state index contributed by atoms with van der Waals surface area (Å²) in [5, 5.41) is 23.3. The van der Waals surface area contributed by atoms with Crippen molar-refractivity contribution in [2.45, 2.75) is 38.4 Å². The van der Waals surface area contributed by atoms with Crippen LogP contribution in [-0.2, 0) is 0 Å². The summed E-state index contributed by atoms with van der Waals surface area (Å²) in [4.78, 5) is 4.17. The molecule has 2 aromatic rings. The molecule has 1 saturated carbocycles. The van der Waals surface area contributed by atoms with E-state index in [-0.39, 0.29) is 11.7 Å². The number of rotatable bonds is 6. The van der Waals surface area contributed by atoms with Crippen LogP contribution in [0.5, 0.6) is 5.75 Å². The van der Waals surface area contributed by atoms with Gasteiger partial charge in [0.05, 0.1) is 22.9 Å². The largest absolute Gasteiger partial charge is 0.435 e. The fraction of sp³-hybridized carbons (Fsp3) is 0.444. The van der Waals surface area contributed by atoms with E-state index in [1.165, 1.54) is 18.3 Å². The number of nitriles is 1. The van der Waals surface area contributed by atoms with Gasteiger partial charge in [0.15, 0.2) is 0 Å². The number of alkyl halides is 2. The average Bonchev–Trinajstić information content (AvgIpc) is 3.13. The number of halogens is 2. The molecule has 0 aliphatic heterocycles. The second kappa shape index (κ2) is 7.62. The molecule has 1 heterocycles. The van der Waals surface area contributed by atoms with Gasteiger partial charge in [-0.15, -0.1) is 0 Å². The summed E-state index contributed by atoms with van der Waals surface area (Å²) in [6, 6.07) is 6.45. The van der Waals surface area contributed by atoms with Crippen molar-refractivity contribution >= 4 is 16.6 Å². The highest BCUT2D eigenvalue weighted by atomic mass is 19.3. The highest BCUT2D eigenvalue weighted by Crippen LogP contribution is 2.31. The van der Waals surface area contributed by atoms with Crippen LogP contribution in [0.3, 0.4) is 0 Å². The van der Waals surface area contributed by atoms with Gasteiger partial charge in [-0.2, -0.15) is 14.0 Å². The van der Waals surface area contributed by atoms with E-state index in [1.807, 2.05) is 6.07 Å². The van der Waals surface area contributed by atoms with Gasteiger partial charge in [-0.3, -0.25) is 4.98 Å². The Kier molecular flexibility index (Phi) is 5.29. The topological polar surface area (TPSA) is 78.2 Å². The molecule has 1 aliphatic carbocycles. The predicted molar refractivity (Wildman–Crippen MR) is 89.5 cm³/mol. The molecule has 1 unspecified atom stereocenters. The summed E-state index contributed by atoms with van der Waals surface area (Å²) in [5.74, 6) is 0.252. The zero-order chi connectivity index (χ0) is 17.8. The van der Waals surface area contributed by atoms with E-state index in [1.54, 1.807) is 6.07 Å². The Morgan fingerprint density at radius 1 is 1.36 bits per heavy atom. The van der Waals surface area contributed by atoms with Crippen molar-refractivity contribution in [3.8, 4) is 11.8 Å². The summed E-state index contributed by atoms with van der Waals surface area (Å²) in [5.41, 5.74) is 1.32. The third kappa shape index (κ3) is 3.97. The number of ether oxygens (including phenoxy) is 1. The lowest BCUT2D eigenvalue weighted by Crippen LogP contribution is -2.27. The molecule has 25 heavy (non-hydrogen) atoms. The Hall–Kier alpha value is -2.46. The number of aromatic nitrogens is 1. The Bertz CT molecular complexity index is 786. The first kappa shape index (κ1) is 17.4. The second-order valence-corrected chi connectivity index (χ2v) is 6.21. The molecule has 7 heteroatoms. The minimum Gasteiger partial charge on any atom is -0.435 e. The van der Waals surface area contributed by atoms with Gasteiger partial charge in [0, 0.05) is 18.1 Å². The normalized spacial score (nSPS) is 16.1. The Labute approximate surface area is 144 Å². The molecular formula is C18H19F2N3O2. The van der Waals surface area contributed by atoms with Crippen LogP contribution >= 0.6 is 0 Å². The lowest BCUT2D eigenvalue weighted by molar-refractivity contribution is -0.0497. The fourth-order valence-electron chi connectivity index (χ4n) is 3.34. The molecule has 0 bridgehead atoms. The van der Waals surface area contributed by atoms with Crippen molar-refractivity contribution in [2.24, 2.45) is 5.92 Å². The van der Waals surface area contributed by atoms with Crippen molar-refractivity contribution < 1.29 is 18.6 Å². The summed E-state index contributed by atoms with van der Waals surface area (Å²) in [7, 11) is 0. The predicted octanol–water partition coefficient (Wildman–Crippen LogP) is 3.67. The Morgan fingerprint density at radius 3 is 2.80 bits per heavy atom. The van der Waals surface area contributed by atoms with Crippen molar-refractivity contribution in [1.29, 1.82) is 5.26 Å². The van der Waals surface area contributed by atoms with Gasteiger partial charge in [0.1, 0.15) is 11.8 Å². The third-order valence-corrected chi connectivity index (χ3v) is 4.62. The average molecular weight is 347 g/mol. The highest BCUT2D eigenvalue weighted by Gasteiger charge is 2.23. The molecule has 2 N–H and O–H groups in total. The number of hydrogen-bond donors (Lipinski definition) is 2. The lowest BCUT2D eigenvalue weighted by atomic mass is 10.0. The van der Waals surface area contributed by atoms with E-state index in [2.05, 4.69) is 15.0 Å². The van der Waals surface area contributed by atoms with Gasteiger partial charge < -0.3 is 15.2 Å². The van der Waals surface area contributed by atoms with Crippen LogP contribution in [0.1, 0.15) is 31.2 Å². The SMILES string of the molecule is N#Cc1cnc2ccc(OC(F)F)cc2c1NCC(O)C1CCCC1. The number of aliphatic hydroxyl groups excluding tert-OH is 1. The highest BCUT2D eigenvalue weighted by molar-refractivity contribution is 5.94. The molecule has 1 aromatic carbocycles. The summed E-state index contributed by atoms with van der Waals surface area (Å²) < 4.78 is 29.3. The first-order valence-electron chi connectivity index (χ1n) is 8.28. The Balaban J connectivity index is 1.89. The molecule has 0 spiro atoms. The zero-order valence-electron chi connectivity index (χ0n) is 13.6. The number of pyridine rings is 1. The maximum Gasteiger partial charge on any atom is 0.387 e. The van der Waals surface area contributed by atoms with Gasteiger partial charge in [0.25, 0.3) is 0 Å². The summed E-state index contributed by atoms with van der Waals surface area (Å²) in [6.07, 6.45) is 5.16. The molecule has 3 rings (SSSR count). The number of hydrogen-bond acceptors (Lipinski definition) is 5. The third-order valence-electron chi connectivity index (χ3n) is 4.62. The van der Waals surface area contributed by atoms with Crippen LogP contribution in [0.25, 0.3) is 10.9 Å². The fourth-order valence-corrected chi connectivity index (χ4v) is 3.34. The molecule has 1 aliphatic rings. The van der Waals surface area contributed by atoms with Crippen LogP contribution in [-0.4, -0.2) is 29.4 Å². The van der Waals surface area contributed by atoms with Gasteiger partial charge >= 0.3 is 6.61 Å². The van der Waals surface area contributed by atoms with Crippen LogP contribution in [0.2, 0.25) is 0 Å². The van der Waals surface area contributed by atoms with E-state index in [0.717, 1.165) is 25.7 Å². The number of anilines is 1. The van der Waals surface area contributed by atoms with Crippen LogP contribution in [0.15, 0.2) is 24.4 Å². The van der Waals surface area contributed by atoms with Crippen molar-refractivity contribution in [2.75, 3.05) is 11.9 Å². The van der Waals surface area contributed by atoms with Gasteiger partial charge in [-0.05, 0) is 37.0 Å². The Morgan fingerprint density at radius 2 is 2.12 bits per heavy atom. The van der Waals surface area contributed by atoms with Crippen LogP contribution in [0, 0.1) is 17.2 Å². The first-order valence-corrected chi connectivity index (χ1v) is 8.28. The molecule has 0 radical (unpaired) electrons. The molecule has 5 nitrogen and oxygen atoms in total. The molecular weight excluding hydrogens is 328 g/mol. The van der Waals surface area contributed by atoms with E-state index >= 15 is 0 Å². The quantitative estimate of drug-likeness (QED) is 0.834. The zero-order valence-corrected chi connectivity index (χ0v) is 13.6. The van der Waals surface area contributed by atoms with E-state index in [9.17, 15) is 19.1 Å². The van der Waals surface area contributed by atoms with E-state index < -0.39 is 12.7 Å². The molecule has 0 saturated heterocycles. The van der Waals surface area contributed by atoms with E-state index in [4.69, 9.17) is 0 Å². The molecule has 132 valence electrons. The van der Waals surface area contributed by atoms with Crippen molar-refractivity contribution in [3.05, 3.63) is 30.0 Å². The second-order valence-electron chi connectivity index (χ2n) is 6.21. The standard InChI is InChI=1S/C18H19F2N3O2/c19-18(20)25-13-5-6-15-14(7-13)17(12(8-21)9-22-15)23-10-16(24)11-3-1-2-4-11/h5-7,9,11,16,18,24H,1-4,10H2,(H,22,23). The molecule has 1 fully saturated rings. The smallest absolute Gasteiger partial charge is 0.387 e. The van der Waals surface area contributed by atoms with Crippen LogP contribution < -0.4 is 10.1 Å². The van der Waals surface area contributed by atoms with Crippen LogP contribution in [0.4, 0.5) is 14.5 Å². The minimum absolute atomic E-state index is 0.00113. The number of benzene rings is 1. The van der Waals surface area contributed by atoms with Crippen molar-refractivity contribution in [1.82, 2.24) is 4.98 Å². The van der Waals surface area contributed by atoms with Crippen molar-refractivity contribution in [3.63, 3.8) is 0 Å². The number of nitrogens with one attached hydrogen (secondary N) is 1. The number of nitrogens with zero attached hydrogens (tertiary/aromatic N) is 2. The molecule has 1 aromatic heterocycles. The summed E-state index contributed by atoms with van der Waals surface area (Å²) >= 11 is 0. The lowest BCUT2D eigenvalue weighted by Gasteiger charge is -2.20. The molecule has 1 atom stereocenters. The van der Waals surface area contributed by atoms with E-state index in [0.29, 0.717) is 28.7 Å².